The van der Waals surface area contributed by atoms with E-state index in [1.54, 1.807) is 6.26 Å². The average Bonchev–Trinajstić information content (AvgIpc) is 2.03. The van der Waals surface area contributed by atoms with Crippen LogP contribution in [0.1, 0.15) is 6.92 Å². The highest BCUT2D eigenvalue weighted by molar-refractivity contribution is 4.99. The molecule has 1 rings (SSSR count). The maximum Gasteiger partial charge on any atom is 0.147 e. The second-order valence-electron chi connectivity index (χ2n) is 2.05. The first-order valence-electron chi connectivity index (χ1n) is 3.38. The Bertz CT molecular complexity index is 112. The van der Waals surface area contributed by atoms with Gasteiger partial charge in [-0.3, -0.25) is 0 Å². The molecule has 58 valence electrons. The Morgan fingerprint density at radius 1 is 1.50 bits per heavy atom. The summed E-state index contributed by atoms with van der Waals surface area (Å²) in [5.74, 6) is 0. The zero-order chi connectivity index (χ0) is 7.23. The van der Waals surface area contributed by atoms with Crippen LogP contribution in [0.25, 0.3) is 0 Å². The van der Waals surface area contributed by atoms with Crippen molar-refractivity contribution in [1.29, 1.82) is 0 Å². The van der Waals surface area contributed by atoms with Crippen LogP contribution < -0.4 is 0 Å². The van der Waals surface area contributed by atoms with Gasteiger partial charge < -0.3 is 14.2 Å². The molecule has 0 saturated carbocycles. The third-order valence-electron chi connectivity index (χ3n) is 1.16. The van der Waals surface area contributed by atoms with Gasteiger partial charge in [-0.05, 0) is 6.92 Å². The van der Waals surface area contributed by atoms with Crippen LogP contribution in [0.2, 0.25) is 0 Å². The van der Waals surface area contributed by atoms with Gasteiger partial charge in [-0.15, -0.1) is 0 Å². The molecule has 0 aromatic carbocycles. The quantitative estimate of drug-likeness (QED) is 0.539. The normalized spacial score (nSPS) is 18.7. The molecule has 0 spiro atoms. The molecule has 0 atom stereocenters. The van der Waals surface area contributed by atoms with Gasteiger partial charge in [0.05, 0.1) is 26.1 Å². The zero-order valence-corrected chi connectivity index (χ0v) is 6.13. The summed E-state index contributed by atoms with van der Waals surface area (Å²) < 4.78 is 15.1. The van der Waals surface area contributed by atoms with E-state index in [1.807, 2.05) is 6.92 Å². The van der Waals surface area contributed by atoms with Crippen molar-refractivity contribution in [3.63, 3.8) is 0 Å². The molecule has 0 bridgehead atoms. The Kier molecular flexibility index (Phi) is 3.26. The molecule has 0 aliphatic carbocycles. The SMILES string of the molecule is CCOC=C1COCOC1. The second kappa shape index (κ2) is 4.30. The van der Waals surface area contributed by atoms with E-state index >= 15 is 0 Å². The van der Waals surface area contributed by atoms with Crippen molar-refractivity contribution in [2.75, 3.05) is 26.6 Å². The van der Waals surface area contributed by atoms with Crippen LogP contribution in [0.5, 0.6) is 0 Å². The summed E-state index contributed by atoms with van der Waals surface area (Å²) in [5.41, 5.74) is 1.06. The van der Waals surface area contributed by atoms with Crippen LogP contribution in [0.3, 0.4) is 0 Å². The summed E-state index contributed by atoms with van der Waals surface area (Å²) in [6.07, 6.45) is 1.71. The first-order chi connectivity index (χ1) is 4.93. The minimum Gasteiger partial charge on any atom is -0.501 e. The lowest BCUT2D eigenvalue weighted by atomic mass is 10.3. The molecular formula is C7H12O3. The van der Waals surface area contributed by atoms with Crippen LogP contribution in [0, 0.1) is 0 Å². The van der Waals surface area contributed by atoms with Crippen molar-refractivity contribution in [3.05, 3.63) is 11.8 Å². The summed E-state index contributed by atoms with van der Waals surface area (Å²) in [4.78, 5) is 0. The number of ether oxygens (including phenoxy) is 3. The summed E-state index contributed by atoms with van der Waals surface area (Å²) in [7, 11) is 0. The molecule has 1 fully saturated rings. The molecule has 10 heavy (non-hydrogen) atoms. The van der Waals surface area contributed by atoms with Gasteiger partial charge in [0.15, 0.2) is 0 Å². The molecule has 3 nitrogen and oxygen atoms in total. The second-order valence-corrected chi connectivity index (χ2v) is 2.05. The maximum absolute atomic E-state index is 5.05. The van der Waals surface area contributed by atoms with Crippen LogP contribution >= 0.6 is 0 Å². The van der Waals surface area contributed by atoms with Crippen LogP contribution in [-0.2, 0) is 14.2 Å². The molecule has 0 radical (unpaired) electrons. The molecule has 1 heterocycles. The highest BCUT2D eigenvalue weighted by Crippen LogP contribution is 2.03. The first-order valence-corrected chi connectivity index (χ1v) is 3.38. The van der Waals surface area contributed by atoms with Crippen molar-refractivity contribution in [1.82, 2.24) is 0 Å². The first kappa shape index (κ1) is 7.57. The van der Waals surface area contributed by atoms with Crippen LogP contribution in [0.15, 0.2) is 11.8 Å². The van der Waals surface area contributed by atoms with E-state index in [0.717, 1.165) is 5.57 Å². The van der Waals surface area contributed by atoms with Crippen molar-refractivity contribution in [3.8, 4) is 0 Å². The fourth-order valence-electron chi connectivity index (χ4n) is 0.715. The lowest BCUT2D eigenvalue weighted by Gasteiger charge is -2.14. The van der Waals surface area contributed by atoms with E-state index in [4.69, 9.17) is 14.2 Å². The minimum absolute atomic E-state index is 0.406. The predicted molar refractivity (Wildman–Crippen MR) is 36.5 cm³/mol. The van der Waals surface area contributed by atoms with E-state index in [0.29, 0.717) is 26.6 Å². The Morgan fingerprint density at radius 3 is 2.80 bits per heavy atom. The lowest BCUT2D eigenvalue weighted by Crippen LogP contribution is -2.15. The van der Waals surface area contributed by atoms with E-state index in [2.05, 4.69) is 0 Å². The fourth-order valence-corrected chi connectivity index (χ4v) is 0.715. The van der Waals surface area contributed by atoms with Gasteiger partial charge in [-0.2, -0.15) is 0 Å². The van der Waals surface area contributed by atoms with Gasteiger partial charge in [0.1, 0.15) is 6.79 Å². The predicted octanol–water partition coefficient (Wildman–Crippen LogP) is 0.911. The standard InChI is InChI=1S/C7H12O3/c1-2-8-3-7-4-9-6-10-5-7/h3H,2,4-6H2,1H3. The van der Waals surface area contributed by atoms with E-state index in [1.165, 1.54) is 0 Å². The van der Waals surface area contributed by atoms with E-state index in [9.17, 15) is 0 Å². The number of hydrogen-bond acceptors (Lipinski definition) is 3. The Labute approximate surface area is 60.6 Å². The van der Waals surface area contributed by atoms with Gasteiger partial charge in [0, 0.05) is 5.57 Å². The van der Waals surface area contributed by atoms with Crippen molar-refractivity contribution >= 4 is 0 Å². The third kappa shape index (κ3) is 2.37. The molecule has 0 unspecified atom stereocenters. The van der Waals surface area contributed by atoms with Crippen LogP contribution in [-0.4, -0.2) is 26.6 Å². The van der Waals surface area contributed by atoms with Gasteiger partial charge in [0.2, 0.25) is 0 Å². The van der Waals surface area contributed by atoms with Crippen molar-refractivity contribution in [2.45, 2.75) is 6.92 Å². The highest BCUT2D eigenvalue weighted by Gasteiger charge is 2.04. The van der Waals surface area contributed by atoms with Gasteiger partial charge in [-0.25, -0.2) is 0 Å². The molecule has 0 N–H and O–H groups in total. The van der Waals surface area contributed by atoms with Crippen LogP contribution in [0.4, 0.5) is 0 Å². The lowest BCUT2D eigenvalue weighted by molar-refractivity contribution is -0.0707. The fraction of sp³-hybridized carbons (Fsp3) is 0.714. The zero-order valence-electron chi connectivity index (χ0n) is 6.13. The number of hydrogen-bond donors (Lipinski definition) is 0. The molecular weight excluding hydrogens is 132 g/mol. The molecule has 3 heteroatoms. The van der Waals surface area contributed by atoms with Crippen molar-refractivity contribution in [2.24, 2.45) is 0 Å². The van der Waals surface area contributed by atoms with E-state index in [-0.39, 0.29) is 0 Å². The molecule has 0 aromatic heterocycles. The Morgan fingerprint density at radius 2 is 2.20 bits per heavy atom. The monoisotopic (exact) mass is 144 g/mol. The minimum atomic E-state index is 0.406. The maximum atomic E-state index is 5.05. The Hall–Kier alpha value is -0.540. The topological polar surface area (TPSA) is 27.7 Å². The van der Waals surface area contributed by atoms with Gasteiger partial charge >= 0.3 is 0 Å². The highest BCUT2D eigenvalue weighted by atomic mass is 16.7. The Balaban J connectivity index is 2.23. The smallest absolute Gasteiger partial charge is 0.147 e. The van der Waals surface area contributed by atoms with Crippen molar-refractivity contribution < 1.29 is 14.2 Å². The van der Waals surface area contributed by atoms with Gasteiger partial charge in [-0.1, -0.05) is 0 Å². The number of rotatable bonds is 2. The third-order valence-corrected chi connectivity index (χ3v) is 1.16. The molecule has 1 aliphatic rings. The molecule has 1 aliphatic heterocycles. The molecule has 0 amide bonds. The largest absolute Gasteiger partial charge is 0.501 e. The van der Waals surface area contributed by atoms with E-state index < -0.39 is 0 Å². The molecule has 1 saturated heterocycles. The summed E-state index contributed by atoms with van der Waals surface area (Å²) >= 11 is 0. The van der Waals surface area contributed by atoms with Gasteiger partial charge in [0.25, 0.3) is 0 Å². The summed E-state index contributed by atoms with van der Waals surface area (Å²) in [6, 6.07) is 0. The summed E-state index contributed by atoms with van der Waals surface area (Å²) in [5, 5.41) is 0. The molecule has 0 aromatic rings. The summed E-state index contributed by atoms with van der Waals surface area (Å²) in [6.45, 7) is 4.33. The average molecular weight is 144 g/mol.